The van der Waals surface area contributed by atoms with E-state index in [1.807, 2.05) is 12.3 Å². The van der Waals surface area contributed by atoms with Crippen molar-refractivity contribution < 1.29 is 9.50 Å². The Labute approximate surface area is 114 Å². The molecule has 96 valence electrons. The van der Waals surface area contributed by atoms with Gasteiger partial charge in [-0.15, -0.1) is 11.3 Å². The van der Waals surface area contributed by atoms with Crippen LogP contribution < -0.4 is 0 Å². The van der Waals surface area contributed by atoms with Gasteiger partial charge in [0.2, 0.25) is 0 Å². The van der Waals surface area contributed by atoms with E-state index in [1.54, 1.807) is 12.1 Å². The molecule has 5 heteroatoms. The van der Waals surface area contributed by atoms with Crippen molar-refractivity contribution in [3.63, 3.8) is 0 Å². The van der Waals surface area contributed by atoms with Gasteiger partial charge in [0.1, 0.15) is 5.82 Å². The summed E-state index contributed by atoms with van der Waals surface area (Å²) < 4.78 is 13.5. The summed E-state index contributed by atoms with van der Waals surface area (Å²) in [4.78, 5) is 4.27. The topological polar surface area (TPSA) is 33.1 Å². The maximum absolute atomic E-state index is 13.5. The van der Waals surface area contributed by atoms with E-state index in [-0.39, 0.29) is 12.2 Å². The van der Waals surface area contributed by atoms with Gasteiger partial charge in [0.15, 0.2) is 0 Å². The average molecular weight is 286 g/mol. The molecule has 1 N–H and O–H groups in total. The molecule has 0 aliphatic rings. The maximum atomic E-state index is 13.5. The van der Waals surface area contributed by atoms with Crippen LogP contribution >= 0.6 is 22.9 Å². The third-order valence-electron chi connectivity index (χ3n) is 2.55. The number of benzene rings is 1. The number of hydrogen-bond donors (Lipinski definition) is 1. The van der Waals surface area contributed by atoms with Gasteiger partial charge in [0, 0.05) is 28.9 Å². The molecule has 0 aliphatic heterocycles. The van der Waals surface area contributed by atoms with Gasteiger partial charge >= 0.3 is 0 Å². The fourth-order valence-electron chi connectivity index (χ4n) is 1.71. The van der Waals surface area contributed by atoms with E-state index in [9.17, 15) is 9.50 Å². The second-order valence-electron chi connectivity index (χ2n) is 4.18. The van der Waals surface area contributed by atoms with Gasteiger partial charge < -0.3 is 5.11 Å². The molecule has 1 aromatic heterocycles. The van der Waals surface area contributed by atoms with Gasteiger partial charge in [0.25, 0.3) is 0 Å². The SMILES string of the molecule is Cc1csc(CC(O)Cc2ccc(Cl)cc2F)n1. The van der Waals surface area contributed by atoms with Crippen molar-refractivity contribution in [3.05, 3.63) is 50.7 Å². The number of halogens is 2. The Bertz CT molecular complexity index is 544. The molecule has 2 nitrogen and oxygen atoms in total. The molecule has 2 rings (SSSR count). The Morgan fingerprint density at radius 2 is 2.22 bits per heavy atom. The number of aliphatic hydroxyl groups is 1. The Morgan fingerprint density at radius 1 is 1.44 bits per heavy atom. The fourth-order valence-corrected chi connectivity index (χ4v) is 2.71. The Balaban J connectivity index is 2.00. The van der Waals surface area contributed by atoms with Crippen molar-refractivity contribution in [2.24, 2.45) is 0 Å². The van der Waals surface area contributed by atoms with Crippen LogP contribution in [0.1, 0.15) is 16.3 Å². The summed E-state index contributed by atoms with van der Waals surface area (Å²) >= 11 is 7.18. The van der Waals surface area contributed by atoms with Crippen LogP contribution in [0.5, 0.6) is 0 Å². The summed E-state index contributed by atoms with van der Waals surface area (Å²) in [6.45, 7) is 1.91. The van der Waals surface area contributed by atoms with Gasteiger partial charge in [-0.1, -0.05) is 17.7 Å². The molecule has 0 fully saturated rings. The molecule has 18 heavy (non-hydrogen) atoms. The standard InChI is InChI=1S/C13H13ClFNOS/c1-8-7-18-13(16-8)6-11(17)4-9-2-3-10(14)5-12(9)15/h2-3,5,7,11,17H,4,6H2,1H3. The molecule has 1 unspecified atom stereocenters. The molecule has 0 amide bonds. The van der Waals surface area contributed by atoms with Crippen molar-refractivity contribution in [1.29, 1.82) is 0 Å². The predicted octanol–water partition coefficient (Wildman–Crippen LogP) is 3.39. The van der Waals surface area contributed by atoms with Crippen LogP contribution in [0.15, 0.2) is 23.6 Å². The lowest BCUT2D eigenvalue weighted by Crippen LogP contribution is -2.14. The number of rotatable bonds is 4. The first-order chi connectivity index (χ1) is 8.54. The highest BCUT2D eigenvalue weighted by Gasteiger charge is 2.12. The van der Waals surface area contributed by atoms with E-state index < -0.39 is 6.10 Å². The van der Waals surface area contributed by atoms with Gasteiger partial charge in [-0.05, 0) is 24.6 Å². The number of hydrogen-bond acceptors (Lipinski definition) is 3. The zero-order valence-electron chi connectivity index (χ0n) is 9.86. The molecular formula is C13H13ClFNOS. The summed E-state index contributed by atoms with van der Waals surface area (Å²) in [5.41, 5.74) is 1.42. The average Bonchev–Trinajstić information content (AvgIpc) is 2.68. The lowest BCUT2D eigenvalue weighted by molar-refractivity contribution is 0.174. The van der Waals surface area contributed by atoms with Crippen LogP contribution in [-0.2, 0) is 12.8 Å². The minimum atomic E-state index is -0.633. The minimum Gasteiger partial charge on any atom is -0.392 e. The van der Waals surface area contributed by atoms with Crippen LogP contribution in [0.25, 0.3) is 0 Å². The van der Waals surface area contributed by atoms with Crippen molar-refractivity contribution in [2.45, 2.75) is 25.9 Å². The molecule has 1 atom stereocenters. The molecule has 1 heterocycles. The molecule has 0 saturated heterocycles. The van der Waals surface area contributed by atoms with Crippen molar-refractivity contribution in [3.8, 4) is 0 Å². The van der Waals surface area contributed by atoms with Crippen molar-refractivity contribution >= 4 is 22.9 Å². The number of aliphatic hydroxyl groups excluding tert-OH is 1. The van der Waals surface area contributed by atoms with Crippen molar-refractivity contribution in [2.75, 3.05) is 0 Å². The minimum absolute atomic E-state index is 0.266. The molecule has 1 aromatic carbocycles. The summed E-state index contributed by atoms with van der Waals surface area (Å²) in [7, 11) is 0. The molecular weight excluding hydrogens is 273 g/mol. The largest absolute Gasteiger partial charge is 0.392 e. The zero-order chi connectivity index (χ0) is 13.1. The van der Waals surface area contributed by atoms with Gasteiger partial charge in [-0.2, -0.15) is 0 Å². The third kappa shape index (κ3) is 3.51. The van der Waals surface area contributed by atoms with Crippen LogP contribution in [0.3, 0.4) is 0 Å². The lowest BCUT2D eigenvalue weighted by Gasteiger charge is -2.09. The molecule has 0 saturated carbocycles. The second-order valence-corrected chi connectivity index (χ2v) is 5.56. The fraction of sp³-hybridized carbons (Fsp3) is 0.308. The summed E-state index contributed by atoms with van der Waals surface area (Å²) in [6.07, 6.45) is 0.0774. The highest BCUT2D eigenvalue weighted by molar-refractivity contribution is 7.09. The van der Waals surface area contributed by atoms with Gasteiger partial charge in [-0.25, -0.2) is 9.37 Å². The van der Waals surface area contributed by atoms with E-state index in [0.717, 1.165) is 10.7 Å². The quantitative estimate of drug-likeness (QED) is 0.934. The molecule has 0 spiro atoms. The maximum Gasteiger partial charge on any atom is 0.127 e. The number of thiazole rings is 1. The molecule has 0 bridgehead atoms. The summed E-state index contributed by atoms with van der Waals surface area (Å²) in [5, 5.41) is 13.1. The Hall–Kier alpha value is -0.970. The van der Waals surface area contributed by atoms with Crippen LogP contribution in [-0.4, -0.2) is 16.2 Å². The number of nitrogens with zero attached hydrogens (tertiary/aromatic N) is 1. The zero-order valence-corrected chi connectivity index (χ0v) is 11.4. The lowest BCUT2D eigenvalue weighted by atomic mass is 10.1. The van der Waals surface area contributed by atoms with Crippen molar-refractivity contribution in [1.82, 2.24) is 4.98 Å². The first-order valence-corrected chi connectivity index (χ1v) is 6.83. The highest BCUT2D eigenvalue weighted by atomic mass is 35.5. The number of aromatic nitrogens is 1. The summed E-state index contributed by atoms with van der Waals surface area (Å²) in [5.74, 6) is -0.378. The van der Waals surface area contributed by atoms with E-state index in [4.69, 9.17) is 11.6 Å². The Kier molecular flexibility index (Phi) is 4.32. The van der Waals surface area contributed by atoms with E-state index in [0.29, 0.717) is 17.0 Å². The second kappa shape index (κ2) is 5.78. The number of aryl methyl sites for hydroxylation is 1. The molecule has 0 aliphatic carbocycles. The van der Waals surface area contributed by atoms with Crippen LogP contribution in [0, 0.1) is 12.7 Å². The summed E-state index contributed by atoms with van der Waals surface area (Å²) in [6, 6.07) is 4.49. The Morgan fingerprint density at radius 3 is 2.83 bits per heavy atom. The van der Waals surface area contributed by atoms with E-state index >= 15 is 0 Å². The monoisotopic (exact) mass is 285 g/mol. The third-order valence-corrected chi connectivity index (χ3v) is 3.77. The van der Waals surface area contributed by atoms with Crippen LogP contribution in [0.2, 0.25) is 5.02 Å². The van der Waals surface area contributed by atoms with Gasteiger partial charge in [0.05, 0.1) is 11.1 Å². The highest BCUT2D eigenvalue weighted by Crippen LogP contribution is 2.18. The van der Waals surface area contributed by atoms with Gasteiger partial charge in [-0.3, -0.25) is 0 Å². The molecule has 0 radical (unpaired) electrons. The van der Waals surface area contributed by atoms with Crippen LogP contribution in [0.4, 0.5) is 4.39 Å². The normalized spacial score (nSPS) is 12.7. The molecule has 2 aromatic rings. The van der Waals surface area contributed by atoms with E-state index in [2.05, 4.69) is 4.98 Å². The van der Waals surface area contributed by atoms with E-state index in [1.165, 1.54) is 17.4 Å². The smallest absolute Gasteiger partial charge is 0.127 e. The first-order valence-electron chi connectivity index (χ1n) is 5.57. The first kappa shape index (κ1) is 13.5. The predicted molar refractivity (Wildman–Crippen MR) is 71.7 cm³/mol.